The first-order valence-electron chi connectivity index (χ1n) is 8.32. The minimum Gasteiger partial charge on any atom is -0.481 e. The van der Waals surface area contributed by atoms with Crippen LogP contribution in [0.25, 0.3) is 0 Å². The Morgan fingerprint density at radius 2 is 1.50 bits per heavy atom. The van der Waals surface area contributed by atoms with Crippen molar-refractivity contribution in [3.05, 3.63) is 66.7 Å². The number of nitrogens with one attached hydrogen (secondary N) is 1. The number of carboxylic acid groups (broad SMARTS) is 1. The Morgan fingerprint density at radius 1 is 0.885 bits per heavy atom. The van der Waals surface area contributed by atoms with Gasteiger partial charge in [0.05, 0.1) is 18.1 Å². The largest absolute Gasteiger partial charge is 0.481 e. The predicted molar refractivity (Wildman–Crippen MR) is 94.0 cm³/mol. The lowest BCUT2D eigenvalue weighted by Gasteiger charge is -2.21. The second-order valence-electron chi connectivity index (χ2n) is 6.27. The van der Waals surface area contributed by atoms with Crippen molar-refractivity contribution in [1.82, 2.24) is 0 Å². The highest BCUT2D eigenvalue weighted by atomic mass is 16.5. The smallest absolute Gasteiger partial charge is 0.310 e. The summed E-state index contributed by atoms with van der Waals surface area (Å²) in [6.07, 6.45) is 2.45. The van der Waals surface area contributed by atoms with E-state index in [-0.39, 0.29) is 5.91 Å². The summed E-state index contributed by atoms with van der Waals surface area (Å²) in [4.78, 5) is 24.0. The summed E-state index contributed by atoms with van der Waals surface area (Å²) in [5.74, 6) is -1.60. The molecule has 1 amide bonds. The Hall–Kier alpha value is -3.12. The number of benzene rings is 2. The van der Waals surface area contributed by atoms with Crippen molar-refractivity contribution < 1.29 is 24.2 Å². The number of fused-ring (bicyclic) bond motifs is 2. The SMILES string of the molecule is O=C(Nc1ccc(Oc2ccccc2)cc1)[C@@H]1[C@@H](C(=O)O)[C@H]2C=C[C@@H]1O2. The van der Waals surface area contributed by atoms with Crippen molar-refractivity contribution in [3.63, 3.8) is 0 Å². The summed E-state index contributed by atoms with van der Waals surface area (Å²) in [5, 5.41) is 12.2. The summed E-state index contributed by atoms with van der Waals surface area (Å²) in [7, 11) is 0. The Bertz CT molecular complexity index is 846. The maximum Gasteiger partial charge on any atom is 0.310 e. The number of anilines is 1. The summed E-state index contributed by atoms with van der Waals surface area (Å²) in [6, 6.07) is 16.3. The van der Waals surface area contributed by atoms with Crippen molar-refractivity contribution in [1.29, 1.82) is 0 Å². The van der Waals surface area contributed by atoms with Gasteiger partial charge in [0, 0.05) is 5.69 Å². The first-order valence-corrected chi connectivity index (χ1v) is 8.32. The van der Waals surface area contributed by atoms with Crippen molar-refractivity contribution in [2.45, 2.75) is 12.2 Å². The van der Waals surface area contributed by atoms with Gasteiger partial charge < -0.3 is 19.9 Å². The number of hydrogen-bond acceptors (Lipinski definition) is 4. The molecule has 1 fully saturated rings. The predicted octanol–water partition coefficient (Wildman–Crippen LogP) is 3.07. The minimum atomic E-state index is -1.02. The molecule has 4 atom stereocenters. The fourth-order valence-corrected chi connectivity index (χ4v) is 3.37. The van der Waals surface area contributed by atoms with Crippen LogP contribution in [0.2, 0.25) is 0 Å². The number of aliphatic carboxylic acids is 1. The van der Waals surface area contributed by atoms with E-state index >= 15 is 0 Å². The van der Waals surface area contributed by atoms with E-state index in [0.717, 1.165) is 5.75 Å². The number of amides is 1. The summed E-state index contributed by atoms with van der Waals surface area (Å²) >= 11 is 0. The molecule has 0 radical (unpaired) electrons. The number of hydrogen-bond donors (Lipinski definition) is 2. The van der Waals surface area contributed by atoms with Gasteiger partial charge in [0.1, 0.15) is 17.4 Å². The van der Waals surface area contributed by atoms with Crippen LogP contribution in [0.4, 0.5) is 5.69 Å². The van der Waals surface area contributed by atoms with Crippen LogP contribution in [-0.4, -0.2) is 29.2 Å². The number of carboxylic acids is 1. The Morgan fingerprint density at radius 3 is 2.15 bits per heavy atom. The monoisotopic (exact) mass is 351 g/mol. The molecule has 0 spiro atoms. The molecule has 1 saturated heterocycles. The van der Waals surface area contributed by atoms with Crippen LogP contribution in [0.15, 0.2) is 66.7 Å². The Balaban J connectivity index is 1.43. The molecule has 0 aromatic heterocycles. The first-order chi connectivity index (χ1) is 12.6. The van der Waals surface area contributed by atoms with Crippen LogP contribution in [0.5, 0.6) is 11.5 Å². The number of carbonyl (C=O) groups is 2. The quantitative estimate of drug-likeness (QED) is 0.809. The van der Waals surface area contributed by atoms with E-state index in [1.807, 2.05) is 30.3 Å². The summed E-state index contributed by atoms with van der Waals surface area (Å²) in [5.41, 5.74) is 0.575. The molecule has 6 heteroatoms. The molecule has 0 saturated carbocycles. The van der Waals surface area contributed by atoms with E-state index in [4.69, 9.17) is 9.47 Å². The molecule has 2 aliphatic rings. The Kier molecular flexibility index (Phi) is 4.18. The van der Waals surface area contributed by atoms with Gasteiger partial charge in [-0.25, -0.2) is 0 Å². The molecule has 2 N–H and O–H groups in total. The van der Waals surface area contributed by atoms with Gasteiger partial charge in [-0.15, -0.1) is 0 Å². The molecular weight excluding hydrogens is 334 g/mol. The van der Waals surface area contributed by atoms with Crippen molar-refractivity contribution in [2.24, 2.45) is 11.8 Å². The van der Waals surface area contributed by atoms with Gasteiger partial charge in [0.2, 0.25) is 5.91 Å². The number of ether oxygens (including phenoxy) is 2. The lowest BCUT2D eigenvalue weighted by molar-refractivity contribution is -0.145. The molecule has 2 heterocycles. The maximum atomic E-state index is 12.6. The number of carbonyl (C=O) groups excluding carboxylic acids is 1. The molecule has 2 aromatic carbocycles. The van der Waals surface area contributed by atoms with Gasteiger partial charge in [0.15, 0.2) is 0 Å². The fourth-order valence-electron chi connectivity index (χ4n) is 3.37. The average molecular weight is 351 g/mol. The number of para-hydroxylation sites is 1. The van der Waals surface area contributed by atoms with E-state index in [0.29, 0.717) is 11.4 Å². The van der Waals surface area contributed by atoms with Gasteiger partial charge >= 0.3 is 5.97 Å². The van der Waals surface area contributed by atoms with Crippen LogP contribution < -0.4 is 10.1 Å². The lowest BCUT2D eigenvalue weighted by atomic mass is 9.82. The van der Waals surface area contributed by atoms with Gasteiger partial charge in [-0.2, -0.15) is 0 Å². The van der Waals surface area contributed by atoms with Gasteiger partial charge in [-0.05, 0) is 36.4 Å². The highest BCUT2D eigenvalue weighted by Crippen LogP contribution is 2.40. The molecule has 2 aliphatic heterocycles. The summed E-state index contributed by atoms with van der Waals surface area (Å²) in [6.45, 7) is 0. The number of rotatable bonds is 5. The Labute approximate surface area is 150 Å². The van der Waals surface area contributed by atoms with Crippen LogP contribution in [0.3, 0.4) is 0 Å². The molecule has 26 heavy (non-hydrogen) atoms. The van der Waals surface area contributed by atoms with E-state index < -0.39 is 30.0 Å². The second kappa shape index (κ2) is 6.65. The molecule has 6 nitrogen and oxygen atoms in total. The topological polar surface area (TPSA) is 84.9 Å². The third-order valence-electron chi connectivity index (χ3n) is 4.59. The maximum absolute atomic E-state index is 12.6. The zero-order valence-electron chi connectivity index (χ0n) is 13.7. The van der Waals surface area contributed by atoms with Crippen LogP contribution in [0.1, 0.15) is 0 Å². The van der Waals surface area contributed by atoms with Gasteiger partial charge in [-0.3, -0.25) is 9.59 Å². The van der Waals surface area contributed by atoms with Gasteiger partial charge in [-0.1, -0.05) is 30.4 Å². The first kappa shape index (κ1) is 16.4. The average Bonchev–Trinajstić information content (AvgIpc) is 3.25. The van der Waals surface area contributed by atoms with E-state index in [2.05, 4.69) is 5.32 Å². The van der Waals surface area contributed by atoms with E-state index in [1.54, 1.807) is 36.4 Å². The van der Waals surface area contributed by atoms with Crippen molar-refractivity contribution >= 4 is 17.6 Å². The van der Waals surface area contributed by atoms with Crippen molar-refractivity contribution in [2.75, 3.05) is 5.32 Å². The van der Waals surface area contributed by atoms with Crippen LogP contribution in [0, 0.1) is 11.8 Å². The zero-order valence-corrected chi connectivity index (χ0v) is 13.7. The molecule has 4 rings (SSSR count). The van der Waals surface area contributed by atoms with E-state index in [9.17, 15) is 14.7 Å². The summed E-state index contributed by atoms with van der Waals surface area (Å²) < 4.78 is 11.2. The van der Waals surface area contributed by atoms with Crippen molar-refractivity contribution in [3.8, 4) is 11.5 Å². The standard InChI is InChI=1S/C20H17NO5/c22-19(17-15-10-11-16(26-15)18(17)20(23)24)21-12-6-8-14(9-7-12)25-13-4-2-1-3-5-13/h1-11,15-18H,(H,21,22)(H,23,24)/t15-,16+,17-,18-/m0/s1. The molecule has 0 unspecified atom stereocenters. The third-order valence-corrected chi connectivity index (χ3v) is 4.59. The molecule has 132 valence electrons. The zero-order chi connectivity index (χ0) is 18.1. The second-order valence-corrected chi connectivity index (χ2v) is 6.27. The van der Waals surface area contributed by atoms with Gasteiger partial charge in [0.25, 0.3) is 0 Å². The third kappa shape index (κ3) is 3.07. The highest BCUT2D eigenvalue weighted by molar-refractivity contribution is 5.96. The minimum absolute atomic E-state index is 0.356. The lowest BCUT2D eigenvalue weighted by Crippen LogP contribution is -2.39. The molecular formula is C20H17NO5. The molecule has 2 aromatic rings. The molecule has 2 bridgehead atoms. The van der Waals surface area contributed by atoms with Crippen LogP contribution in [-0.2, 0) is 14.3 Å². The van der Waals surface area contributed by atoms with Crippen LogP contribution >= 0.6 is 0 Å². The van der Waals surface area contributed by atoms with E-state index in [1.165, 1.54) is 0 Å². The highest BCUT2D eigenvalue weighted by Gasteiger charge is 2.53. The normalized spacial score (nSPS) is 25.8. The molecule has 0 aliphatic carbocycles. The fraction of sp³-hybridized carbons (Fsp3) is 0.200.